The Morgan fingerprint density at radius 2 is 1.93 bits per heavy atom. The van der Waals surface area contributed by atoms with Crippen LogP contribution in [0.5, 0.6) is 11.5 Å². The van der Waals surface area contributed by atoms with Gasteiger partial charge in [0.15, 0.2) is 11.5 Å². The average molecular weight is 366 g/mol. The molecule has 142 valence electrons. The van der Waals surface area contributed by atoms with Crippen LogP contribution in [0, 0.1) is 5.92 Å². The second-order valence-corrected chi connectivity index (χ2v) is 7.39. The van der Waals surface area contributed by atoms with E-state index in [1.807, 2.05) is 24.3 Å². The molecule has 1 atom stereocenters. The number of anilines is 1. The number of rotatable bonds is 8. The van der Waals surface area contributed by atoms with Gasteiger partial charge in [-0.3, -0.25) is 9.69 Å². The molecule has 27 heavy (non-hydrogen) atoms. The Morgan fingerprint density at radius 3 is 2.70 bits per heavy atom. The summed E-state index contributed by atoms with van der Waals surface area (Å²) in [5.41, 5.74) is 2.04. The Kier molecular flexibility index (Phi) is 5.30. The molecule has 0 radical (unpaired) electrons. The van der Waals surface area contributed by atoms with E-state index in [1.54, 1.807) is 0 Å². The van der Waals surface area contributed by atoms with Crippen molar-refractivity contribution in [1.82, 2.24) is 4.90 Å². The van der Waals surface area contributed by atoms with Crippen molar-refractivity contribution in [2.75, 3.05) is 25.2 Å². The van der Waals surface area contributed by atoms with Crippen molar-refractivity contribution in [3.05, 3.63) is 54.1 Å². The smallest absolute Gasteiger partial charge is 0.231 e. The lowest BCUT2D eigenvalue weighted by Crippen LogP contribution is -2.32. The first kappa shape index (κ1) is 17.9. The van der Waals surface area contributed by atoms with E-state index in [-0.39, 0.29) is 12.7 Å². The van der Waals surface area contributed by atoms with Gasteiger partial charge in [0.25, 0.3) is 0 Å². The predicted octanol–water partition coefficient (Wildman–Crippen LogP) is 4.22. The molecule has 4 rings (SSSR count). The lowest BCUT2D eigenvalue weighted by Gasteiger charge is -2.29. The maximum Gasteiger partial charge on any atom is 0.231 e. The molecular formula is C22H26N2O3. The molecule has 2 aliphatic rings. The van der Waals surface area contributed by atoms with Gasteiger partial charge < -0.3 is 14.8 Å². The fraction of sp³-hybridized carbons (Fsp3) is 0.409. The van der Waals surface area contributed by atoms with Crippen LogP contribution in [-0.2, 0) is 4.79 Å². The largest absolute Gasteiger partial charge is 0.454 e. The Morgan fingerprint density at radius 1 is 1.15 bits per heavy atom. The van der Waals surface area contributed by atoms with Gasteiger partial charge in [-0.15, -0.1) is 0 Å². The number of amides is 1. The summed E-state index contributed by atoms with van der Waals surface area (Å²) in [6.45, 7) is 4.28. The zero-order chi connectivity index (χ0) is 18.6. The zero-order valence-corrected chi connectivity index (χ0v) is 15.7. The number of carbonyl (C=O) groups is 1. The van der Waals surface area contributed by atoms with Crippen LogP contribution in [0.2, 0.25) is 0 Å². The first-order valence-electron chi connectivity index (χ1n) is 9.67. The van der Waals surface area contributed by atoms with Crippen molar-refractivity contribution in [3.63, 3.8) is 0 Å². The van der Waals surface area contributed by atoms with Gasteiger partial charge in [-0.05, 0) is 43.4 Å². The molecule has 0 aromatic heterocycles. The van der Waals surface area contributed by atoms with Gasteiger partial charge in [0.2, 0.25) is 12.7 Å². The number of hydrogen-bond acceptors (Lipinski definition) is 4. The summed E-state index contributed by atoms with van der Waals surface area (Å²) in [5.74, 6) is 2.21. The van der Waals surface area contributed by atoms with E-state index < -0.39 is 0 Å². The van der Waals surface area contributed by atoms with Crippen molar-refractivity contribution in [2.24, 2.45) is 5.92 Å². The van der Waals surface area contributed by atoms with Crippen LogP contribution in [-0.4, -0.2) is 30.7 Å². The molecule has 1 unspecified atom stereocenters. The third-order valence-electron chi connectivity index (χ3n) is 5.30. The van der Waals surface area contributed by atoms with Crippen molar-refractivity contribution < 1.29 is 14.3 Å². The molecule has 0 spiro atoms. The van der Waals surface area contributed by atoms with Crippen LogP contribution in [0.3, 0.4) is 0 Å². The standard InChI is InChI=1S/C22H26N2O3/c1-16(18-5-3-2-4-6-18)24(14-17-7-8-17)12-11-22(25)23-19-9-10-20-21(13-19)27-15-26-20/h2-6,9-10,13,16-17H,7-8,11-12,14-15H2,1H3,(H,23,25). The van der Waals surface area contributed by atoms with Gasteiger partial charge in [0, 0.05) is 37.3 Å². The second-order valence-electron chi connectivity index (χ2n) is 7.39. The quantitative estimate of drug-likeness (QED) is 0.760. The maximum absolute atomic E-state index is 12.5. The summed E-state index contributed by atoms with van der Waals surface area (Å²) >= 11 is 0. The van der Waals surface area contributed by atoms with Crippen LogP contribution >= 0.6 is 0 Å². The van der Waals surface area contributed by atoms with Gasteiger partial charge >= 0.3 is 0 Å². The van der Waals surface area contributed by atoms with E-state index in [9.17, 15) is 4.79 Å². The third-order valence-corrected chi connectivity index (χ3v) is 5.30. The Balaban J connectivity index is 1.34. The van der Waals surface area contributed by atoms with Crippen molar-refractivity contribution in [3.8, 4) is 11.5 Å². The minimum Gasteiger partial charge on any atom is -0.454 e. The molecular weight excluding hydrogens is 340 g/mol. The van der Waals surface area contributed by atoms with E-state index in [0.717, 1.165) is 30.4 Å². The minimum atomic E-state index is 0.0231. The molecule has 1 aliphatic heterocycles. The molecule has 1 amide bonds. The lowest BCUT2D eigenvalue weighted by molar-refractivity contribution is -0.116. The molecule has 1 N–H and O–H groups in total. The zero-order valence-electron chi connectivity index (χ0n) is 15.7. The number of nitrogens with one attached hydrogen (secondary N) is 1. The van der Waals surface area contributed by atoms with Crippen molar-refractivity contribution in [1.29, 1.82) is 0 Å². The molecule has 1 fully saturated rings. The highest BCUT2D eigenvalue weighted by molar-refractivity contribution is 5.91. The number of ether oxygens (including phenoxy) is 2. The van der Waals surface area contributed by atoms with E-state index in [2.05, 4.69) is 41.4 Å². The summed E-state index contributed by atoms with van der Waals surface area (Å²) in [6, 6.07) is 16.3. The number of carbonyl (C=O) groups excluding carboxylic acids is 1. The molecule has 0 bridgehead atoms. The number of benzene rings is 2. The monoisotopic (exact) mass is 366 g/mol. The summed E-state index contributed by atoms with van der Waals surface area (Å²) in [6.07, 6.45) is 3.08. The fourth-order valence-corrected chi connectivity index (χ4v) is 3.46. The Labute approximate surface area is 160 Å². The number of fused-ring (bicyclic) bond motifs is 1. The molecule has 2 aromatic rings. The topological polar surface area (TPSA) is 50.8 Å². The SMILES string of the molecule is CC(c1ccccc1)N(CCC(=O)Nc1ccc2c(c1)OCO2)CC1CC1. The van der Waals surface area contributed by atoms with Gasteiger partial charge in [-0.25, -0.2) is 0 Å². The predicted molar refractivity (Wildman–Crippen MR) is 105 cm³/mol. The van der Waals surface area contributed by atoms with Gasteiger partial charge in [0.05, 0.1) is 0 Å². The second kappa shape index (κ2) is 8.01. The molecule has 5 nitrogen and oxygen atoms in total. The molecule has 0 saturated heterocycles. The minimum absolute atomic E-state index is 0.0231. The van der Waals surface area contributed by atoms with Crippen molar-refractivity contribution in [2.45, 2.75) is 32.2 Å². The van der Waals surface area contributed by atoms with Crippen LogP contribution in [0.4, 0.5) is 5.69 Å². The fourth-order valence-electron chi connectivity index (χ4n) is 3.46. The summed E-state index contributed by atoms with van der Waals surface area (Å²) in [5, 5.41) is 2.97. The lowest BCUT2D eigenvalue weighted by atomic mass is 10.1. The molecule has 1 aliphatic carbocycles. The Bertz CT molecular complexity index is 789. The van der Waals surface area contributed by atoms with E-state index in [0.29, 0.717) is 18.2 Å². The third kappa shape index (κ3) is 4.61. The van der Waals surface area contributed by atoms with Crippen LogP contribution in [0.15, 0.2) is 48.5 Å². The van der Waals surface area contributed by atoms with E-state index >= 15 is 0 Å². The van der Waals surface area contributed by atoms with Crippen LogP contribution < -0.4 is 14.8 Å². The maximum atomic E-state index is 12.5. The summed E-state index contributed by atoms with van der Waals surface area (Å²) < 4.78 is 10.7. The highest BCUT2D eigenvalue weighted by Crippen LogP contribution is 2.35. The molecule has 2 aromatic carbocycles. The van der Waals surface area contributed by atoms with Gasteiger partial charge in [-0.2, -0.15) is 0 Å². The molecule has 5 heteroatoms. The van der Waals surface area contributed by atoms with E-state index in [4.69, 9.17) is 9.47 Å². The van der Waals surface area contributed by atoms with Crippen molar-refractivity contribution >= 4 is 11.6 Å². The molecule has 1 heterocycles. The van der Waals surface area contributed by atoms with E-state index in [1.165, 1.54) is 18.4 Å². The summed E-state index contributed by atoms with van der Waals surface area (Å²) in [7, 11) is 0. The number of hydrogen-bond donors (Lipinski definition) is 1. The van der Waals surface area contributed by atoms with Crippen LogP contribution in [0.1, 0.15) is 37.8 Å². The Hall–Kier alpha value is -2.53. The van der Waals surface area contributed by atoms with Gasteiger partial charge in [0.1, 0.15) is 0 Å². The number of nitrogens with zero attached hydrogens (tertiary/aromatic N) is 1. The highest BCUT2D eigenvalue weighted by atomic mass is 16.7. The first-order chi connectivity index (χ1) is 13.2. The average Bonchev–Trinajstić information content (AvgIpc) is 3.39. The summed E-state index contributed by atoms with van der Waals surface area (Å²) in [4.78, 5) is 14.9. The first-order valence-corrected chi connectivity index (χ1v) is 9.67. The van der Waals surface area contributed by atoms with Gasteiger partial charge in [-0.1, -0.05) is 30.3 Å². The normalized spacial score (nSPS) is 16.4. The van der Waals surface area contributed by atoms with Crippen LogP contribution in [0.25, 0.3) is 0 Å². The highest BCUT2D eigenvalue weighted by Gasteiger charge is 2.27. The molecule has 1 saturated carbocycles.